The van der Waals surface area contributed by atoms with Crippen LogP contribution in [0.15, 0.2) is 29.7 Å². The van der Waals surface area contributed by atoms with Crippen molar-refractivity contribution in [2.24, 2.45) is 0 Å². The van der Waals surface area contributed by atoms with Gasteiger partial charge in [0.2, 0.25) is 0 Å². The van der Waals surface area contributed by atoms with Crippen LogP contribution in [0.2, 0.25) is 0 Å². The normalized spacial score (nSPS) is 12.6. The van der Waals surface area contributed by atoms with Crippen LogP contribution in [0.4, 0.5) is 0 Å². The van der Waals surface area contributed by atoms with Crippen LogP contribution >= 0.6 is 11.8 Å². The molecule has 102 valence electrons. The van der Waals surface area contributed by atoms with Crippen LogP contribution in [0, 0.1) is 0 Å². The molecule has 2 heterocycles. The van der Waals surface area contributed by atoms with E-state index in [-0.39, 0.29) is 6.61 Å². The number of thioether (sulfide) groups is 1. The minimum atomic E-state index is -0.739. The molecule has 1 atom stereocenters. The lowest BCUT2D eigenvalue weighted by Gasteiger charge is -2.08. The summed E-state index contributed by atoms with van der Waals surface area (Å²) >= 11 is 1.38. The second-order valence-electron chi connectivity index (χ2n) is 3.93. The van der Waals surface area contributed by atoms with Crippen molar-refractivity contribution in [1.82, 2.24) is 19.7 Å². The third kappa shape index (κ3) is 3.31. The van der Waals surface area contributed by atoms with Crippen molar-refractivity contribution in [3.05, 3.63) is 24.5 Å². The van der Waals surface area contributed by atoms with Gasteiger partial charge >= 0.3 is 0 Å². The molecule has 0 radical (unpaired) electrons. The van der Waals surface area contributed by atoms with Gasteiger partial charge in [-0.1, -0.05) is 11.8 Å². The Morgan fingerprint density at radius 2 is 2.05 bits per heavy atom. The van der Waals surface area contributed by atoms with Crippen molar-refractivity contribution >= 4 is 11.8 Å². The fraction of sp³-hybridized carbons (Fsp3) is 0.417. The minimum absolute atomic E-state index is 0.246. The molecule has 0 spiro atoms. The first-order valence-corrected chi connectivity index (χ1v) is 7.00. The molecule has 2 rings (SSSR count). The van der Waals surface area contributed by atoms with Gasteiger partial charge in [0.1, 0.15) is 0 Å². The third-order valence-corrected chi connectivity index (χ3v) is 3.70. The van der Waals surface area contributed by atoms with E-state index in [1.807, 2.05) is 23.6 Å². The van der Waals surface area contributed by atoms with E-state index in [4.69, 9.17) is 5.11 Å². The van der Waals surface area contributed by atoms with Gasteiger partial charge in [0.15, 0.2) is 11.0 Å². The first-order chi connectivity index (χ1) is 9.26. The average molecular weight is 280 g/mol. The number of hydrogen-bond donors (Lipinski definition) is 2. The Kier molecular flexibility index (Phi) is 4.89. The lowest BCUT2D eigenvalue weighted by Crippen LogP contribution is -2.15. The molecule has 0 aromatic carbocycles. The van der Waals surface area contributed by atoms with Crippen LogP contribution in [0.1, 0.15) is 6.92 Å². The van der Waals surface area contributed by atoms with E-state index in [9.17, 15) is 5.11 Å². The summed E-state index contributed by atoms with van der Waals surface area (Å²) in [6.45, 7) is 2.51. The van der Waals surface area contributed by atoms with Gasteiger partial charge in [0, 0.05) is 30.3 Å². The molecule has 2 aromatic heterocycles. The zero-order valence-corrected chi connectivity index (χ0v) is 11.4. The van der Waals surface area contributed by atoms with E-state index in [2.05, 4.69) is 15.2 Å². The molecule has 1 unspecified atom stereocenters. The second kappa shape index (κ2) is 6.65. The molecule has 0 aliphatic rings. The van der Waals surface area contributed by atoms with E-state index in [0.717, 1.165) is 23.1 Å². The highest BCUT2D eigenvalue weighted by atomic mass is 32.2. The van der Waals surface area contributed by atoms with Gasteiger partial charge in [-0.15, -0.1) is 10.2 Å². The van der Waals surface area contributed by atoms with Crippen LogP contribution in [-0.4, -0.2) is 48.4 Å². The molecule has 0 bridgehead atoms. The topological polar surface area (TPSA) is 84.1 Å². The van der Waals surface area contributed by atoms with Crippen molar-refractivity contribution in [3.63, 3.8) is 0 Å². The maximum Gasteiger partial charge on any atom is 0.191 e. The van der Waals surface area contributed by atoms with Crippen LogP contribution in [0.25, 0.3) is 11.4 Å². The molecule has 2 N–H and O–H groups in total. The third-order valence-electron chi connectivity index (χ3n) is 2.59. The quantitative estimate of drug-likeness (QED) is 0.762. The number of aliphatic hydroxyl groups is 2. The molecule has 19 heavy (non-hydrogen) atoms. The standard InChI is InChI=1S/C12H16N4O2S/c1-2-16-11(9-3-5-13-6-4-9)14-15-12(16)19-8-10(18)7-17/h3-6,10,17-18H,2,7-8H2,1H3. The van der Waals surface area contributed by atoms with E-state index in [0.29, 0.717) is 5.75 Å². The van der Waals surface area contributed by atoms with Gasteiger partial charge in [-0.2, -0.15) is 0 Å². The highest BCUT2D eigenvalue weighted by molar-refractivity contribution is 7.99. The van der Waals surface area contributed by atoms with Gasteiger partial charge in [-0.25, -0.2) is 0 Å². The van der Waals surface area contributed by atoms with Gasteiger partial charge in [-0.05, 0) is 19.1 Å². The van der Waals surface area contributed by atoms with E-state index in [1.54, 1.807) is 12.4 Å². The van der Waals surface area contributed by atoms with E-state index >= 15 is 0 Å². The molecular weight excluding hydrogens is 264 g/mol. The highest BCUT2D eigenvalue weighted by Gasteiger charge is 2.14. The Morgan fingerprint density at radius 3 is 2.68 bits per heavy atom. The number of rotatable bonds is 6. The first-order valence-electron chi connectivity index (χ1n) is 6.01. The largest absolute Gasteiger partial charge is 0.394 e. The zero-order chi connectivity index (χ0) is 13.7. The second-order valence-corrected chi connectivity index (χ2v) is 4.92. The van der Waals surface area contributed by atoms with Crippen molar-refractivity contribution in [2.75, 3.05) is 12.4 Å². The molecule has 0 amide bonds. The number of hydrogen-bond acceptors (Lipinski definition) is 6. The van der Waals surface area contributed by atoms with Crippen LogP contribution in [0.3, 0.4) is 0 Å². The Hall–Kier alpha value is -1.44. The summed E-state index contributed by atoms with van der Waals surface area (Å²) in [5.74, 6) is 1.18. The van der Waals surface area contributed by atoms with Crippen LogP contribution < -0.4 is 0 Å². The average Bonchev–Trinajstić information content (AvgIpc) is 2.88. The van der Waals surface area contributed by atoms with Crippen molar-refractivity contribution in [1.29, 1.82) is 0 Å². The summed E-state index contributed by atoms with van der Waals surface area (Å²) in [5.41, 5.74) is 0.957. The molecule has 2 aromatic rings. The van der Waals surface area contributed by atoms with Gasteiger partial charge in [0.25, 0.3) is 0 Å². The molecule has 0 aliphatic heterocycles. The minimum Gasteiger partial charge on any atom is -0.394 e. The Bertz CT molecular complexity index is 518. The Balaban J connectivity index is 2.21. The number of pyridine rings is 1. The van der Waals surface area contributed by atoms with Gasteiger partial charge in [0.05, 0.1) is 12.7 Å². The van der Waals surface area contributed by atoms with Crippen LogP contribution in [0.5, 0.6) is 0 Å². The smallest absolute Gasteiger partial charge is 0.191 e. The van der Waals surface area contributed by atoms with Gasteiger partial charge < -0.3 is 14.8 Å². The number of aliphatic hydroxyl groups excluding tert-OH is 2. The predicted molar refractivity (Wildman–Crippen MR) is 72.7 cm³/mol. The number of nitrogens with zero attached hydrogens (tertiary/aromatic N) is 4. The Morgan fingerprint density at radius 1 is 1.32 bits per heavy atom. The first kappa shape index (κ1) is 14.0. The Labute approximate surface area is 115 Å². The van der Waals surface area contributed by atoms with E-state index in [1.165, 1.54) is 11.8 Å². The molecular formula is C12H16N4O2S. The highest BCUT2D eigenvalue weighted by Crippen LogP contribution is 2.23. The van der Waals surface area contributed by atoms with Crippen LogP contribution in [-0.2, 0) is 6.54 Å². The summed E-state index contributed by atoms with van der Waals surface area (Å²) in [5, 5.41) is 27.2. The van der Waals surface area contributed by atoms with Crippen molar-refractivity contribution < 1.29 is 10.2 Å². The molecule has 7 heteroatoms. The monoisotopic (exact) mass is 280 g/mol. The maximum absolute atomic E-state index is 9.37. The summed E-state index contributed by atoms with van der Waals surface area (Å²) in [7, 11) is 0. The van der Waals surface area contributed by atoms with E-state index < -0.39 is 6.10 Å². The number of aromatic nitrogens is 4. The SMILES string of the molecule is CCn1c(SCC(O)CO)nnc1-c1ccncc1. The summed E-state index contributed by atoms with van der Waals surface area (Å²) < 4.78 is 1.98. The maximum atomic E-state index is 9.37. The molecule has 0 saturated heterocycles. The zero-order valence-electron chi connectivity index (χ0n) is 10.6. The molecule has 0 saturated carbocycles. The predicted octanol–water partition coefficient (Wildman–Crippen LogP) is 0.805. The fourth-order valence-corrected chi connectivity index (χ4v) is 2.54. The molecule has 0 fully saturated rings. The molecule has 6 nitrogen and oxygen atoms in total. The lowest BCUT2D eigenvalue weighted by molar-refractivity contribution is 0.113. The summed E-state index contributed by atoms with van der Waals surface area (Å²) in [6, 6.07) is 3.76. The van der Waals surface area contributed by atoms with Crippen molar-refractivity contribution in [3.8, 4) is 11.4 Å². The summed E-state index contributed by atoms with van der Waals surface area (Å²) in [4.78, 5) is 3.98. The lowest BCUT2D eigenvalue weighted by atomic mass is 10.2. The summed E-state index contributed by atoms with van der Waals surface area (Å²) in [6.07, 6.45) is 2.69. The molecule has 0 aliphatic carbocycles. The van der Waals surface area contributed by atoms with Crippen molar-refractivity contribution in [2.45, 2.75) is 24.7 Å². The van der Waals surface area contributed by atoms with Gasteiger partial charge in [-0.3, -0.25) is 4.98 Å². The fourth-order valence-electron chi connectivity index (χ4n) is 1.62.